The van der Waals surface area contributed by atoms with Crippen LogP contribution in [0, 0.1) is 6.92 Å². The van der Waals surface area contributed by atoms with Crippen LogP contribution in [0.2, 0.25) is 5.02 Å². The number of aryl methyl sites for hydroxylation is 1. The van der Waals surface area contributed by atoms with Gasteiger partial charge >= 0.3 is 0 Å². The van der Waals surface area contributed by atoms with Gasteiger partial charge in [0.25, 0.3) is 0 Å². The maximum atomic E-state index is 6.35. The molecule has 0 aliphatic rings. The molecule has 3 nitrogen and oxygen atoms in total. The van der Waals surface area contributed by atoms with Crippen LogP contribution in [0.25, 0.3) is 0 Å². The van der Waals surface area contributed by atoms with Crippen molar-refractivity contribution < 1.29 is 0 Å². The Labute approximate surface area is 133 Å². The van der Waals surface area contributed by atoms with E-state index in [4.69, 9.17) is 11.6 Å². The molecular formula is C15H19BrClN3. The number of hydrogen-bond acceptors (Lipinski definition) is 2. The topological polar surface area (TPSA) is 29.9 Å². The maximum absolute atomic E-state index is 6.35. The third kappa shape index (κ3) is 2.92. The Bertz CT molecular complexity index is 607. The summed E-state index contributed by atoms with van der Waals surface area (Å²) in [5.41, 5.74) is 3.38. The second-order valence-electron chi connectivity index (χ2n) is 5.15. The van der Waals surface area contributed by atoms with Gasteiger partial charge in [-0.1, -0.05) is 39.7 Å². The summed E-state index contributed by atoms with van der Waals surface area (Å²) in [6, 6.07) is 6.64. The third-order valence-electron chi connectivity index (χ3n) is 3.37. The predicted molar refractivity (Wildman–Crippen MR) is 87.4 cm³/mol. The second kappa shape index (κ2) is 6.29. The van der Waals surface area contributed by atoms with Crippen molar-refractivity contribution in [1.82, 2.24) is 15.1 Å². The van der Waals surface area contributed by atoms with Gasteiger partial charge in [-0.3, -0.25) is 4.68 Å². The van der Waals surface area contributed by atoms with E-state index in [1.165, 1.54) is 5.56 Å². The van der Waals surface area contributed by atoms with E-state index in [9.17, 15) is 0 Å². The van der Waals surface area contributed by atoms with Crippen LogP contribution in [0.4, 0.5) is 0 Å². The molecule has 0 radical (unpaired) electrons. The van der Waals surface area contributed by atoms with Crippen molar-refractivity contribution in [3.05, 3.63) is 50.7 Å². The Hall–Kier alpha value is -0.840. The summed E-state index contributed by atoms with van der Waals surface area (Å²) in [5.74, 6) is 0. The smallest absolute Gasteiger partial charge is 0.0837 e. The monoisotopic (exact) mass is 355 g/mol. The van der Waals surface area contributed by atoms with Gasteiger partial charge in [0.2, 0.25) is 0 Å². The summed E-state index contributed by atoms with van der Waals surface area (Å²) in [4.78, 5) is 0. The van der Waals surface area contributed by atoms with Gasteiger partial charge in [-0.05, 0) is 45.0 Å². The first-order valence-corrected chi connectivity index (χ1v) is 7.79. The second-order valence-corrected chi connectivity index (χ2v) is 6.41. The Morgan fingerprint density at radius 2 is 2.05 bits per heavy atom. The third-order valence-corrected chi connectivity index (χ3v) is 4.51. The zero-order valence-corrected chi connectivity index (χ0v) is 14.5. The highest BCUT2D eigenvalue weighted by atomic mass is 79.9. The van der Waals surface area contributed by atoms with E-state index in [0.717, 1.165) is 15.7 Å². The van der Waals surface area contributed by atoms with Gasteiger partial charge in [-0.25, -0.2) is 0 Å². The molecule has 0 aliphatic carbocycles. The number of benzene rings is 1. The van der Waals surface area contributed by atoms with Gasteiger partial charge in [0.05, 0.1) is 23.0 Å². The fraction of sp³-hybridized carbons (Fsp3) is 0.400. The number of halogens is 2. The summed E-state index contributed by atoms with van der Waals surface area (Å²) in [6.07, 6.45) is 1.71. The predicted octanol–water partition coefficient (Wildman–Crippen LogP) is 4.50. The van der Waals surface area contributed by atoms with Crippen molar-refractivity contribution in [3.63, 3.8) is 0 Å². The molecule has 1 aromatic carbocycles. The lowest BCUT2D eigenvalue weighted by Gasteiger charge is -2.21. The van der Waals surface area contributed by atoms with Crippen LogP contribution in [0.1, 0.15) is 42.8 Å². The summed E-state index contributed by atoms with van der Waals surface area (Å²) in [6.45, 7) is 6.28. The maximum Gasteiger partial charge on any atom is 0.0837 e. The molecule has 1 unspecified atom stereocenters. The molecule has 0 spiro atoms. The highest BCUT2D eigenvalue weighted by Crippen LogP contribution is 2.31. The molecule has 1 aromatic heterocycles. The van der Waals surface area contributed by atoms with Crippen LogP contribution in [-0.4, -0.2) is 16.8 Å². The molecule has 20 heavy (non-hydrogen) atoms. The minimum Gasteiger partial charge on any atom is -0.308 e. The molecule has 108 valence electrons. The highest BCUT2D eigenvalue weighted by Gasteiger charge is 2.22. The summed E-state index contributed by atoms with van der Waals surface area (Å²) in [5, 5.41) is 8.41. The van der Waals surface area contributed by atoms with Gasteiger partial charge in [0.15, 0.2) is 0 Å². The number of aromatic nitrogens is 2. The van der Waals surface area contributed by atoms with Crippen LogP contribution in [0.5, 0.6) is 0 Å². The fourth-order valence-corrected chi connectivity index (χ4v) is 2.92. The molecular weight excluding hydrogens is 338 g/mol. The van der Waals surface area contributed by atoms with Crippen molar-refractivity contribution in [2.75, 3.05) is 7.05 Å². The van der Waals surface area contributed by atoms with Crippen molar-refractivity contribution in [2.45, 2.75) is 32.9 Å². The van der Waals surface area contributed by atoms with Gasteiger partial charge in [-0.15, -0.1) is 0 Å². The zero-order valence-electron chi connectivity index (χ0n) is 12.1. The molecule has 0 amide bonds. The van der Waals surface area contributed by atoms with E-state index >= 15 is 0 Å². The number of nitrogens with one attached hydrogen (secondary N) is 1. The average molecular weight is 357 g/mol. The Morgan fingerprint density at radius 1 is 1.35 bits per heavy atom. The Morgan fingerprint density at radius 3 is 2.60 bits per heavy atom. The van der Waals surface area contributed by atoms with Gasteiger partial charge < -0.3 is 5.32 Å². The molecule has 1 N–H and O–H groups in total. The molecule has 2 aromatic rings. The Balaban J connectivity index is 2.52. The molecule has 1 atom stereocenters. The fourth-order valence-electron chi connectivity index (χ4n) is 2.28. The number of rotatable bonds is 4. The summed E-state index contributed by atoms with van der Waals surface area (Å²) >= 11 is 9.94. The number of nitrogens with zero attached hydrogens (tertiary/aromatic N) is 2. The molecule has 1 heterocycles. The van der Waals surface area contributed by atoms with Crippen LogP contribution >= 0.6 is 27.5 Å². The van der Waals surface area contributed by atoms with Crippen molar-refractivity contribution in [2.24, 2.45) is 0 Å². The summed E-state index contributed by atoms with van der Waals surface area (Å²) < 4.78 is 3.07. The van der Waals surface area contributed by atoms with Crippen molar-refractivity contribution in [3.8, 4) is 0 Å². The van der Waals surface area contributed by atoms with E-state index in [1.54, 1.807) is 6.20 Å². The van der Waals surface area contributed by atoms with Crippen LogP contribution in [0.3, 0.4) is 0 Å². The first-order chi connectivity index (χ1) is 9.45. The van der Waals surface area contributed by atoms with E-state index < -0.39 is 0 Å². The Kier molecular flexibility index (Phi) is 4.89. The summed E-state index contributed by atoms with van der Waals surface area (Å²) in [7, 11) is 1.94. The first-order valence-electron chi connectivity index (χ1n) is 6.62. The lowest BCUT2D eigenvalue weighted by molar-refractivity contribution is 0.484. The first kappa shape index (κ1) is 15.5. The highest BCUT2D eigenvalue weighted by molar-refractivity contribution is 9.10. The quantitative estimate of drug-likeness (QED) is 0.874. The molecule has 0 aliphatic heterocycles. The lowest BCUT2D eigenvalue weighted by atomic mass is 10.0. The SMILES string of the molecule is CNC(c1ccc(C)c(Br)c1)c1c(Cl)cnn1C(C)C. The normalized spacial score (nSPS) is 12.9. The zero-order chi connectivity index (χ0) is 14.9. The largest absolute Gasteiger partial charge is 0.308 e. The minimum atomic E-state index is 0.0179. The van der Waals surface area contributed by atoms with Gasteiger partial charge in [0.1, 0.15) is 0 Å². The van der Waals surface area contributed by atoms with Crippen LogP contribution in [0.15, 0.2) is 28.9 Å². The molecule has 0 saturated carbocycles. The standard InChI is InChI=1S/C15H19BrClN3/c1-9(2)20-15(13(17)8-19-20)14(18-4)11-6-5-10(3)12(16)7-11/h5-9,14,18H,1-4H3. The van der Waals surface area contributed by atoms with Crippen LogP contribution < -0.4 is 5.32 Å². The molecule has 5 heteroatoms. The molecule has 0 saturated heterocycles. The van der Waals surface area contributed by atoms with Crippen molar-refractivity contribution in [1.29, 1.82) is 0 Å². The van der Waals surface area contributed by atoms with Crippen molar-refractivity contribution >= 4 is 27.5 Å². The number of hydrogen-bond donors (Lipinski definition) is 1. The van der Waals surface area contributed by atoms with E-state index in [2.05, 4.69) is 65.3 Å². The minimum absolute atomic E-state index is 0.0179. The van der Waals surface area contributed by atoms with E-state index in [-0.39, 0.29) is 12.1 Å². The van der Waals surface area contributed by atoms with Gasteiger partial charge in [-0.2, -0.15) is 5.10 Å². The molecule has 0 fully saturated rings. The lowest BCUT2D eigenvalue weighted by Crippen LogP contribution is -2.22. The molecule has 2 rings (SSSR count). The van der Waals surface area contributed by atoms with Gasteiger partial charge in [0, 0.05) is 10.5 Å². The van der Waals surface area contributed by atoms with Crippen LogP contribution in [-0.2, 0) is 0 Å². The van der Waals surface area contributed by atoms with E-state index in [0.29, 0.717) is 5.02 Å². The molecule has 0 bridgehead atoms. The van der Waals surface area contributed by atoms with E-state index in [1.807, 2.05) is 11.7 Å². The average Bonchev–Trinajstić information content (AvgIpc) is 2.77.